The van der Waals surface area contributed by atoms with Gasteiger partial charge in [0.05, 0.1) is 5.39 Å². The lowest BCUT2D eigenvalue weighted by Gasteiger charge is -2.32. The van der Waals surface area contributed by atoms with Crippen LogP contribution >= 0.6 is 0 Å². The van der Waals surface area contributed by atoms with Crippen LogP contribution in [0.3, 0.4) is 0 Å². The quantitative estimate of drug-likeness (QED) is 0.513. The standard InChI is InChI=1S/C21H20N7O4/c22-18(31)16(13-4-2-1-3-5-13)25-20(32)15-11-23-19-14(17(15)30)10-24-21(26-19)28-8-6-27(12-29)7-9-28/h1-5,10-12,16,22H,6-9H2,(H,25,32)(H,23,24,26,30). The molecule has 3 N–H and O–H groups in total. The Morgan fingerprint density at radius 1 is 1.16 bits per heavy atom. The van der Waals surface area contributed by atoms with Crippen LogP contribution < -0.4 is 21.4 Å². The average molecular weight is 434 g/mol. The number of carbonyl (C=O) groups is 3. The fourth-order valence-corrected chi connectivity index (χ4v) is 3.50. The van der Waals surface area contributed by atoms with E-state index in [4.69, 9.17) is 5.73 Å². The van der Waals surface area contributed by atoms with Gasteiger partial charge in [0.15, 0.2) is 0 Å². The summed E-state index contributed by atoms with van der Waals surface area (Å²) in [6.45, 7) is 2.24. The number of piperazine rings is 1. The van der Waals surface area contributed by atoms with Crippen molar-refractivity contribution in [3.8, 4) is 0 Å². The molecule has 0 aliphatic carbocycles. The van der Waals surface area contributed by atoms with Crippen molar-refractivity contribution in [3.05, 3.63) is 64.1 Å². The van der Waals surface area contributed by atoms with Crippen LogP contribution in [-0.2, 0) is 9.59 Å². The highest BCUT2D eigenvalue weighted by Gasteiger charge is 2.24. The van der Waals surface area contributed by atoms with Crippen molar-refractivity contribution in [2.45, 2.75) is 6.04 Å². The summed E-state index contributed by atoms with van der Waals surface area (Å²) in [4.78, 5) is 63.3. The molecule has 3 aromatic rings. The summed E-state index contributed by atoms with van der Waals surface area (Å²) in [5, 5.41) is 2.58. The number of H-pyrrole nitrogens is 1. The Morgan fingerprint density at radius 3 is 2.53 bits per heavy atom. The molecule has 1 fully saturated rings. The van der Waals surface area contributed by atoms with Crippen molar-refractivity contribution < 1.29 is 14.4 Å². The maximum absolute atomic E-state index is 12.9. The summed E-state index contributed by atoms with van der Waals surface area (Å²) in [7, 11) is 0. The molecule has 3 heterocycles. The largest absolute Gasteiger partial charge is 0.345 e. The van der Waals surface area contributed by atoms with E-state index in [0.717, 1.165) is 6.41 Å². The molecular weight excluding hydrogens is 414 g/mol. The molecule has 11 nitrogen and oxygen atoms in total. The minimum absolute atomic E-state index is 0.126. The molecule has 1 aliphatic rings. The number of pyridine rings is 1. The van der Waals surface area contributed by atoms with Crippen LogP contribution in [0.4, 0.5) is 5.95 Å². The highest BCUT2D eigenvalue weighted by molar-refractivity contribution is 5.99. The summed E-state index contributed by atoms with van der Waals surface area (Å²) >= 11 is 0. The maximum Gasteiger partial charge on any atom is 0.265 e. The number of carbonyl (C=O) groups excluding carboxylic acids is 3. The fourth-order valence-electron chi connectivity index (χ4n) is 3.50. The SMILES string of the molecule is [NH]C(=O)C(NC(=O)c1c[nH]c2nc(N3CCN(C=O)CC3)ncc2c1=O)c1ccccc1. The number of fused-ring (bicyclic) bond motifs is 1. The summed E-state index contributed by atoms with van der Waals surface area (Å²) in [6.07, 6.45) is 3.39. The van der Waals surface area contributed by atoms with Crippen LogP contribution in [0.15, 0.2) is 47.5 Å². The van der Waals surface area contributed by atoms with Gasteiger partial charge in [-0.2, -0.15) is 4.98 Å². The van der Waals surface area contributed by atoms with Crippen LogP contribution in [0.1, 0.15) is 22.0 Å². The fraction of sp³-hybridized carbons (Fsp3) is 0.238. The molecule has 1 aliphatic heterocycles. The number of hydrogen-bond acceptors (Lipinski definition) is 7. The summed E-state index contributed by atoms with van der Waals surface area (Å²) in [5.41, 5.74) is 7.39. The number of rotatable bonds is 6. The highest BCUT2D eigenvalue weighted by Crippen LogP contribution is 2.15. The molecule has 1 radical (unpaired) electrons. The van der Waals surface area contributed by atoms with Gasteiger partial charge in [-0.25, -0.2) is 4.98 Å². The van der Waals surface area contributed by atoms with E-state index >= 15 is 0 Å². The Kier molecular flexibility index (Phi) is 5.79. The topological polar surface area (TPSA) is 152 Å². The lowest BCUT2D eigenvalue weighted by atomic mass is 10.1. The van der Waals surface area contributed by atoms with E-state index in [0.29, 0.717) is 37.7 Å². The number of nitrogens with zero attached hydrogens (tertiary/aromatic N) is 4. The van der Waals surface area contributed by atoms with E-state index in [-0.39, 0.29) is 16.6 Å². The van der Waals surface area contributed by atoms with Gasteiger partial charge in [0.25, 0.3) is 11.8 Å². The first-order valence-electron chi connectivity index (χ1n) is 9.92. The molecule has 4 rings (SSSR count). The second kappa shape index (κ2) is 8.84. The zero-order valence-corrected chi connectivity index (χ0v) is 16.9. The Bertz CT molecular complexity index is 1220. The third-order valence-corrected chi connectivity index (χ3v) is 5.28. The second-order valence-corrected chi connectivity index (χ2v) is 7.27. The van der Waals surface area contributed by atoms with E-state index in [9.17, 15) is 19.2 Å². The van der Waals surface area contributed by atoms with E-state index in [2.05, 4.69) is 20.3 Å². The van der Waals surface area contributed by atoms with Gasteiger partial charge in [-0.1, -0.05) is 30.3 Å². The third kappa shape index (κ3) is 4.13. The Morgan fingerprint density at radius 2 is 1.88 bits per heavy atom. The number of nitrogens with one attached hydrogen (secondary N) is 3. The van der Waals surface area contributed by atoms with Gasteiger partial charge in [0.1, 0.15) is 17.3 Å². The molecule has 0 bridgehead atoms. The number of aromatic amines is 1. The second-order valence-electron chi connectivity index (χ2n) is 7.27. The van der Waals surface area contributed by atoms with Gasteiger partial charge < -0.3 is 20.1 Å². The average Bonchev–Trinajstić information content (AvgIpc) is 2.82. The molecule has 2 aromatic heterocycles. The van der Waals surface area contributed by atoms with Crippen molar-refractivity contribution >= 4 is 35.2 Å². The Labute approximate surface area is 182 Å². The van der Waals surface area contributed by atoms with Gasteiger partial charge in [-0.3, -0.25) is 24.9 Å². The van der Waals surface area contributed by atoms with Gasteiger partial charge in [0, 0.05) is 38.6 Å². The van der Waals surface area contributed by atoms with E-state index in [1.165, 1.54) is 12.4 Å². The van der Waals surface area contributed by atoms with Crippen molar-refractivity contribution in [2.24, 2.45) is 0 Å². The van der Waals surface area contributed by atoms with Gasteiger partial charge in [-0.15, -0.1) is 0 Å². The molecule has 3 amide bonds. The molecule has 1 aromatic carbocycles. The maximum atomic E-state index is 12.9. The molecule has 0 saturated carbocycles. The normalized spacial score (nSPS) is 14.8. The molecule has 0 spiro atoms. The van der Waals surface area contributed by atoms with Crippen molar-refractivity contribution in [1.29, 1.82) is 0 Å². The first-order valence-corrected chi connectivity index (χ1v) is 9.92. The minimum atomic E-state index is -1.19. The molecular formula is C21H20N7O4. The number of aromatic nitrogens is 3. The summed E-state index contributed by atoms with van der Waals surface area (Å²) in [5.74, 6) is -1.36. The van der Waals surface area contributed by atoms with Crippen molar-refractivity contribution in [1.82, 2.24) is 30.9 Å². The Hall–Kier alpha value is -4.28. The third-order valence-electron chi connectivity index (χ3n) is 5.28. The Balaban J connectivity index is 1.58. The van der Waals surface area contributed by atoms with Crippen LogP contribution in [0.2, 0.25) is 0 Å². The van der Waals surface area contributed by atoms with E-state index < -0.39 is 23.3 Å². The smallest absolute Gasteiger partial charge is 0.265 e. The van der Waals surface area contributed by atoms with Gasteiger partial charge in [0.2, 0.25) is 17.8 Å². The molecule has 1 atom stereocenters. The molecule has 163 valence electrons. The van der Waals surface area contributed by atoms with Crippen LogP contribution in [0.25, 0.3) is 11.0 Å². The monoisotopic (exact) mass is 434 g/mol. The van der Waals surface area contributed by atoms with E-state index in [1.54, 1.807) is 35.2 Å². The number of anilines is 1. The predicted molar refractivity (Wildman–Crippen MR) is 115 cm³/mol. The molecule has 32 heavy (non-hydrogen) atoms. The summed E-state index contributed by atoms with van der Waals surface area (Å²) < 4.78 is 0. The molecule has 11 heteroatoms. The number of benzene rings is 1. The minimum Gasteiger partial charge on any atom is -0.345 e. The first-order chi connectivity index (χ1) is 15.5. The number of amides is 3. The van der Waals surface area contributed by atoms with Crippen LogP contribution in [0.5, 0.6) is 0 Å². The highest BCUT2D eigenvalue weighted by atomic mass is 16.2. The van der Waals surface area contributed by atoms with Crippen LogP contribution in [0, 0.1) is 0 Å². The zero-order valence-electron chi connectivity index (χ0n) is 16.9. The molecule has 1 unspecified atom stereocenters. The van der Waals surface area contributed by atoms with E-state index in [1.807, 2.05) is 4.90 Å². The lowest BCUT2D eigenvalue weighted by molar-refractivity contribution is -0.120. The zero-order chi connectivity index (χ0) is 22.7. The van der Waals surface area contributed by atoms with Crippen molar-refractivity contribution in [3.63, 3.8) is 0 Å². The molecule has 1 saturated heterocycles. The first kappa shape index (κ1) is 21.0. The summed E-state index contributed by atoms with van der Waals surface area (Å²) in [6, 6.07) is 7.17. The van der Waals surface area contributed by atoms with Crippen molar-refractivity contribution in [2.75, 3.05) is 31.1 Å². The van der Waals surface area contributed by atoms with Crippen LogP contribution in [-0.4, -0.2) is 64.3 Å². The van der Waals surface area contributed by atoms with Gasteiger partial charge >= 0.3 is 0 Å². The predicted octanol–water partition coefficient (Wildman–Crippen LogP) is -0.123. The lowest BCUT2D eigenvalue weighted by Crippen LogP contribution is -2.46. The number of hydrogen-bond donors (Lipinski definition) is 2. The van der Waals surface area contributed by atoms with Gasteiger partial charge in [-0.05, 0) is 5.56 Å².